The maximum atomic E-state index is 13.4. The Hall–Kier alpha value is -3.42. The monoisotopic (exact) mass is 393 g/mol. The summed E-state index contributed by atoms with van der Waals surface area (Å²) >= 11 is 0. The van der Waals surface area contributed by atoms with E-state index in [0.717, 1.165) is 17.5 Å². The largest absolute Gasteiger partial charge is 0.493 e. The predicted octanol–water partition coefficient (Wildman–Crippen LogP) is 2.06. The quantitative estimate of drug-likeness (QED) is 0.638. The Balaban J connectivity index is 1.59. The van der Waals surface area contributed by atoms with Crippen LogP contribution in [0.25, 0.3) is 0 Å². The first-order valence-corrected chi connectivity index (χ1v) is 9.48. The molecule has 8 heteroatoms. The topological polar surface area (TPSA) is 82.4 Å². The van der Waals surface area contributed by atoms with Gasteiger partial charge >= 0.3 is 0 Å². The zero-order chi connectivity index (χ0) is 20.2. The van der Waals surface area contributed by atoms with Crippen LogP contribution >= 0.6 is 0 Å². The van der Waals surface area contributed by atoms with E-state index >= 15 is 0 Å². The molecule has 0 spiro atoms. The number of rotatable bonds is 6. The van der Waals surface area contributed by atoms with Gasteiger partial charge in [-0.15, -0.1) is 5.10 Å². The number of hydrogen-bond acceptors (Lipinski definition) is 6. The predicted molar refractivity (Wildman–Crippen MR) is 106 cm³/mol. The molecule has 1 aliphatic heterocycles. The SMILES string of the molecule is COc1cc2c(cc1OC)CN(C(=O)C(Cc1ccccc1)n1cnnn1)CC2. The molecule has 1 aliphatic rings. The van der Waals surface area contributed by atoms with Gasteiger partial charge in [-0.25, -0.2) is 4.68 Å². The van der Waals surface area contributed by atoms with Gasteiger partial charge in [-0.3, -0.25) is 4.79 Å². The molecule has 8 nitrogen and oxygen atoms in total. The van der Waals surface area contributed by atoms with Crippen molar-refractivity contribution < 1.29 is 14.3 Å². The van der Waals surface area contributed by atoms with Crippen molar-refractivity contribution in [2.45, 2.75) is 25.4 Å². The lowest BCUT2D eigenvalue weighted by Crippen LogP contribution is -2.41. The fourth-order valence-corrected chi connectivity index (χ4v) is 3.72. The van der Waals surface area contributed by atoms with E-state index in [-0.39, 0.29) is 5.91 Å². The third-order valence-electron chi connectivity index (χ3n) is 5.27. The molecule has 0 saturated heterocycles. The van der Waals surface area contributed by atoms with Crippen molar-refractivity contribution in [3.05, 3.63) is 65.5 Å². The highest BCUT2D eigenvalue weighted by molar-refractivity contribution is 5.81. The summed E-state index contributed by atoms with van der Waals surface area (Å²) < 4.78 is 12.4. The zero-order valence-corrected chi connectivity index (χ0v) is 16.5. The Kier molecular flexibility index (Phi) is 5.41. The Morgan fingerprint density at radius 1 is 1.10 bits per heavy atom. The molecule has 2 aromatic carbocycles. The second-order valence-electron chi connectivity index (χ2n) is 6.98. The van der Waals surface area contributed by atoms with Crippen LogP contribution in [0.15, 0.2) is 48.8 Å². The van der Waals surface area contributed by atoms with E-state index in [1.807, 2.05) is 47.4 Å². The lowest BCUT2D eigenvalue weighted by Gasteiger charge is -2.32. The van der Waals surface area contributed by atoms with Crippen LogP contribution in [0.4, 0.5) is 0 Å². The van der Waals surface area contributed by atoms with E-state index in [4.69, 9.17) is 9.47 Å². The maximum absolute atomic E-state index is 13.4. The second-order valence-corrected chi connectivity index (χ2v) is 6.98. The van der Waals surface area contributed by atoms with Crippen LogP contribution < -0.4 is 9.47 Å². The number of carbonyl (C=O) groups is 1. The number of aromatic nitrogens is 4. The van der Waals surface area contributed by atoms with Gasteiger partial charge in [-0.05, 0) is 45.7 Å². The molecular formula is C21H23N5O3. The number of benzene rings is 2. The normalized spacial score (nSPS) is 14.2. The smallest absolute Gasteiger partial charge is 0.248 e. The van der Waals surface area contributed by atoms with Crippen LogP contribution in [-0.2, 0) is 24.2 Å². The Morgan fingerprint density at radius 3 is 2.48 bits per heavy atom. The summed E-state index contributed by atoms with van der Waals surface area (Å²) in [4.78, 5) is 15.3. The number of fused-ring (bicyclic) bond motifs is 1. The molecule has 29 heavy (non-hydrogen) atoms. The average Bonchev–Trinajstić information content (AvgIpc) is 3.31. The van der Waals surface area contributed by atoms with Crippen LogP contribution in [-0.4, -0.2) is 51.8 Å². The van der Waals surface area contributed by atoms with Gasteiger partial charge in [0.05, 0.1) is 14.2 Å². The van der Waals surface area contributed by atoms with Gasteiger partial charge in [0, 0.05) is 19.5 Å². The van der Waals surface area contributed by atoms with E-state index in [1.165, 1.54) is 11.9 Å². The zero-order valence-electron chi connectivity index (χ0n) is 16.5. The van der Waals surface area contributed by atoms with Crippen LogP contribution in [0.3, 0.4) is 0 Å². The standard InChI is InChI=1S/C21H23N5O3/c1-28-19-11-16-8-9-25(13-17(16)12-20(19)29-2)21(27)18(26-14-22-23-24-26)10-15-6-4-3-5-7-15/h3-7,11-12,14,18H,8-10,13H2,1-2H3. The minimum Gasteiger partial charge on any atom is -0.493 e. The number of ether oxygens (including phenoxy) is 2. The molecule has 0 fully saturated rings. The molecule has 0 N–H and O–H groups in total. The molecular weight excluding hydrogens is 370 g/mol. The number of hydrogen-bond donors (Lipinski definition) is 0. The molecule has 0 aliphatic carbocycles. The van der Waals surface area contributed by atoms with Gasteiger partial charge in [0.1, 0.15) is 12.4 Å². The van der Waals surface area contributed by atoms with Crippen molar-refractivity contribution in [2.75, 3.05) is 20.8 Å². The number of carbonyl (C=O) groups excluding carboxylic acids is 1. The van der Waals surface area contributed by atoms with Gasteiger partial charge in [0.25, 0.3) is 0 Å². The van der Waals surface area contributed by atoms with Crippen molar-refractivity contribution in [1.82, 2.24) is 25.1 Å². The van der Waals surface area contributed by atoms with Gasteiger partial charge in [0.2, 0.25) is 5.91 Å². The summed E-state index contributed by atoms with van der Waals surface area (Å²) in [5, 5.41) is 11.4. The number of tetrazole rings is 1. The lowest BCUT2D eigenvalue weighted by atomic mass is 9.97. The number of amides is 1. The highest BCUT2D eigenvalue weighted by Crippen LogP contribution is 2.33. The van der Waals surface area contributed by atoms with Gasteiger partial charge in [-0.1, -0.05) is 30.3 Å². The van der Waals surface area contributed by atoms with Crippen LogP contribution in [0.2, 0.25) is 0 Å². The first-order chi connectivity index (χ1) is 14.2. The molecule has 150 valence electrons. The minimum atomic E-state index is -0.492. The highest BCUT2D eigenvalue weighted by atomic mass is 16.5. The molecule has 4 rings (SSSR count). The van der Waals surface area contributed by atoms with E-state index in [0.29, 0.717) is 31.0 Å². The summed E-state index contributed by atoms with van der Waals surface area (Å²) in [7, 11) is 3.24. The fourth-order valence-electron chi connectivity index (χ4n) is 3.72. The van der Waals surface area contributed by atoms with Crippen molar-refractivity contribution in [1.29, 1.82) is 0 Å². The first-order valence-electron chi connectivity index (χ1n) is 9.48. The van der Waals surface area contributed by atoms with Crippen molar-refractivity contribution in [3.63, 3.8) is 0 Å². The molecule has 2 heterocycles. The Bertz CT molecular complexity index is 975. The molecule has 1 atom stereocenters. The highest BCUT2D eigenvalue weighted by Gasteiger charge is 2.30. The molecule has 0 saturated carbocycles. The molecule has 3 aromatic rings. The van der Waals surface area contributed by atoms with E-state index in [9.17, 15) is 4.79 Å². The van der Waals surface area contributed by atoms with Crippen LogP contribution in [0, 0.1) is 0 Å². The van der Waals surface area contributed by atoms with E-state index in [2.05, 4.69) is 15.5 Å². The fraction of sp³-hybridized carbons (Fsp3) is 0.333. The maximum Gasteiger partial charge on any atom is 0.248 e. The van der Waals surface area contributed by atoms with Crippen molar-refractivity contribution >= 4 is 5.91 Å². The Morgan fingerprint density at radius 2 is 1.83 bits per heavy atom. The summed E-state index contributed by atoms with van der Waals surface area (Å²) in [6.07, 6.45) is 2.78. The molecule has 1 amide bonds. The molecule has 1 aromatic heterocycles. The van der Waals surface area contributed by atoms with E-state index < -0.39 is 6.04 Å². The molecule has 0 radical (unpaired) electrons. The van der Waals surface area contributed by atoms with Gasteiger partial charge in [-0.2, -0.15) is 0 Å². The van der Waals surface area contributed by atoms with E-state index in [1.54, 1.807) is 18.9 Å². The second kappa shape index (κ2) is 8.30. The average molecular weight is 393 g/mol. The lowest BCUT2D eigenvalue weighted by molar-refractivity contribution is -0.136. The van der Waals surface area contributed by atoms with Crippen LogP contribution in [0.1, 0.15) is 22.7 Å². The summed E-state index contributed by atoms with van der Waals surface area (Å²) in [5.74, 6) is 1.38. The van der Waals surface area contributed by atoms with Gasteiger partial charge in [0.15, 0.2) is 11.5 Å². The Labute approximate surface area is 169 Å². The third-order valence-corrected chi connectivity index (χ3v) is 5.27. The molecule has 1 unspecified atom stereocenters. The van der Waals surface area contributed by atoms with Crippen molar-refractivity contribution in [3.8, 4) is 11.5 Å². The summed E-state index contributed by atoms with van der Waals surface area (Å²) in [6.45, 7) is 1.15. The number of nitrogens with zero attached hydrogens (tertiary/aromatic N) is 5. The molecule has 0 bridgehead atoms. The van der Waals surface area contributed by atoms with Crippen LogP contribution in [0.5, 0.6) is 11.5 Å². The first kappa shape index (κ1) is 18.9. The minimum absolute atomic E-state index is 0.00147. The number of methoxy groups -OCH3 is 2. The summed E-state index contributed by atoms with van der Waals surface area (Å²) in [6, 6.07) is 13.4. The van der Waals surface area contributed by atoms with Crippen molar-refractivity contribution in [2.24, 2.45) is 0 Å². The third kappa shape index (κ3) is 3.91. The van der Waals surface area contributed by atoms with Gasteiger partial charge < -0.3 is 14.4 Å². The summed E-state index contributed by atoms with van der Waals surface area (Å²) in [5.41, 5.74) is 3.30.